The number of likely N-dealkylation sites (tertiary alicyclic amines) is 1. The minimum atomic E-state index is -4.62. The molecule has 6 heterocycles. The number of aromatic nitrogens is 7. The molecule has 2 aliphatic heterocycles. The van der Waals surface area contributed by atoms with E-state index in [0.29, 0.717) is 31.3 Å². The zero-order valence-corrected chi connectivity index (χ0v) is 19.6. The molecule has 14 heteroatoms. The summed E-state index contributed by atoms with van der Waals surface area (Å²) in [5, 5.41) is 8.92. The van der Waals surface area contributed by atoms with E-state index < -0.39 is 12.0 Å². The van der Waals surface area contributed by atoms with E-state index in [1.54, 1.807) is 18.5 Å². The molecule has 1 unspecified atom stereocenters. The zero-order chi connectivity index (χ0) is 25.4. The lowest BCUT2D eigenvalue weighted by molar-refractivity contribution is -0.144. The molecule has 0 amide bonds. The van der Waals surface area contributed by atoms with Crippen molar-refractivity contribution in [2.24, 2.45) is 0 Å². The predicted octanol–water partition coefficient (Wildman–Crippen LogP) is 2.75. The van der Waals surface area contributed by atoms with Crippen LogP contribution in [0.1, 0.15) is 30.7 Å². The standard InChI is InChI=1S/C23H24F3N9O2/c24-23(25,26)22-31-21(32-33-22)16-9-15-17(10-28-16)35(19-12-36-13-29-19)18(30-15)11-34-7-4-14(5-8-34)37-20-3-1-2-6-27-20/h1-3,6,9-10,14,19,29H,4-5,7-8,11-13H2,(H,31,32,33). The second kappa shape index (κ2) is 9.68. The Balaban J connectivity index is 1.22. The van der Waals surface area contributed by atoms with Crippen LogP contribution in [0.5, 0.6) is 5.88 Å². The van der Waals surface area contributed by atoms with Crippen LogP contribution in [0, 0.1) is 0 Å². The van der Waals surface area contributed by atoms with Crippen LogP contribution < -0.4 is 10.1 Å². The average molecular weight is 516 g/mol. The molecule has 4 aromatic rings. The number of nitrogens with zero attached hydrogens (tertiary/aromatic N) is 7. The Kier molecular flexibility index (Phi) is 6.22. The van der Waals surface area contributed by atoms with E-state index in [4.69, 9.17) is 14.5 Å². The number of H-pyrrole nitrogens is 1. The number of rotatable bonds is 6. The Hall–Kier alpha value is -3.62. The summed E-state index contributed by atoms with van der Waals surface area (Å²) in [5.74, 6) is 0.139. The molecule has 2 N–H and O–H groups in total. The molecule has 37 heavy (non-hydrogen) atoms. The lowest BCUT2D eigenvalue weighted by Gasteiger charge is -2.32. The van der Waals surface area contributed by atoms with E-state index in [9.17, 15) is 13.2 Å². The van der Waals surface area contributed by atoms with Gasteiger partial charge in [0.2, 0.25) is 11.7 Å². The van der Waals surface area contributed by atoms with Gasteiger partial charge in [0.1, 0.15) is 23.8 Å². The number of pyridine rings is 2. The van der Waals surface area contributed by atoms with Gasteiger partial charge in [0.15, 0.2) is 5.82 Å². The monoisotopic (exact) mass is 515 g/mol. The van der Waals surface area contributed by atoms with Crippen molar-refractivity contribution in [3.63, 3.8) is 0 Å². The van der Waals surface area contributed by atoms with Gasteiger partial charge in [-0.25, -0.2) is 15.0 Å². The minimum absolute atomic E-state index is 0.101. The predicted molar refractivity (Wildman–Crippen MR) is 124 cm³/mol. The molecule has 6 rings (SSSR count). The number of fused-ring (bicyclic) bond motifs is 1. The van der Waals surface area contributed by atoms with E-state index in [-0.39, 0.29) is 23.8 Å². The lowest BCUT2D eigenvalue weighted by atomic mass is 10.1. The van der Waals surface area contributed by atoms with Crippen molar-refractivity contribution in [3.8, 4) is 17.4 Å². The maximum absolute atomic E-state index is 13.0. The Labute approximate surface area is 209 Å². The molecule has 2 saturated heterocycles. The Morgan fingerprint density at radius 3 is 2.70 bits per heavy atom. The van der Waals surface area contributed by atoms with Crippen molar-refractivity contribution in [1.82, 2.24) is 44.9 Å². The van der Waals surface area contributed by atoms with E-state index in [2.05, 4.69) is 34.8 Å². The van der Waals surface area contributed by atoms with Gasteiger partial charge < -0.3 is 14.0 Å². The summed E-state index contributed by atoms with van der Waals surface area (Å²) < 4.78 is 52.4. The molecule has 194 valence electrons. The molecular formula is C23H24F3N9O2. The highest BCUT2D eigenvalue weighted by Crippen LogP contribution is 2.29. The van der Waals surface area contributed by atoms with E-state index in [0.717, 1.165) is 37.3 Å². The highest BCUT2D eigenvalue weighted by Gasteiger charge is 2.35. The summed E-state index contributed by atoms with van der Waals surface area (Å²) in [5.41, 5.74) is 1.56. The van der Waals surface area contributed by atoms with Crippen LogP contribution in [0.2, 0.25) is 0 Å². The number of aromatic amines is 1. The van der Waals surface area contributed by atoms with Crippen molar-refractivity contribution in [3.05, 3.63) is 48.3 Å². The molecule has 0 bridgehead atoms. The molecule has 0 aromatic carbocycles. The van der Waals surface area contributed by atoms with Gasteiger partial charge in [0, 0.05) is 25.4 Å². The minimum Gasteiger partial charge on any atom is -0.474 e. The summed E-state index contributed by atoms with van der Waals surface area (Å²) in [6.45, 7) is 3.14. The quantitative estimate of drug-likeness (QED) is 0.400. The Morgan fingerprint density at radius 2 is 2.00 bits per heavy atom. The van der Waals surface area contributed by atoms with Gasteiger partial charge in [0.05, 0.1) is 37.1 Å². The molecule has 11 nitrogen and oxygen atoms in total. The molecule has 0 aliphatic carbocycles. The van der Waals surface area contributed by atoms with Crippen molar-refractivity contribution in [2.45, 2.75) is 37.8 Å². The topological polar surface area (TPSA) is 119 Å². The summed E-state index contributed by atoms with van der Waals surface area (Å²) in [7, 11) is 0. The number of hydrogen-bond donors (Lipinski definition) is 2. The summed E-state index contributed by atoms with van der Waals surface area (Å²) >= 11 is 0. The maximum Gasteiger partial charge on any atom is 0.451 e. The largest absolute Gasteiger partial charge is 0.474 e. The summed E-state index contributed by atoms with van der Waals surface area (Å²) in [6.07, 6.45) is 0.390. The number of piperidine rings is 1. The normalized spacial score (nSPS) is 19.6. The van der Waals surface area contributed by atoms with Crippen molar-refractivity contribution in [2.75, 3.05) is 26.4 Å². The van der Waals surface area contributed by atoms with Crippen LogP contribution in [0.15, 0.2) is 36.7 Å². The third-order valence-electron chi connectivity index (χ3n) is 6.47. The first-order valence-corrected chi connectivity index (χ1v) is 11.9. The van der Waals surface area contributed by atoms with Gasteiger partial charge in [-0.05, 0) is 25.0 Å². The zero-order valence-electron chi connectivity index (χ0n) is 19.6. The second-order valence-corrected chi connectivity index (χ2v) is 8.96. The molecule has 2 fully saturated rings. The second-order valence-electron chi connectivity index (χ2n) is 8.96. The number of ether oxygens (including phenoxy) is 2. The number of halogens is 3. The number of nitrogens with one attached hydrogen (secondary N) is 2. The average Bonchev–Trinajstić information content (AvgIpc) is 3.65. The fourth-order valence-electron chi connectivity index (χ4n) is 4.65. The number of alkyl halides is 3. The smallest absolute Gasteiger partial charge is 0.451 e. The van der Waals surface area contributed by atoms with Crippen molar-refractivity contribution >= 4 is 11.0 Å². The van der Waals surface area contributed by atoms with Gasteiger partial charge in [-0.15, -0.1) is 0 Å². The van der Waals surface area contributed by atoms with Gasteiger partial charge in [0.25, 0.3) is 0 Å². The molecule has 4 aromatic heterocycles. The maximum atomic E-state index is 13.0. The van der Waals surface area contributed by atoms with Crippen molar-refractivity contribution < 1.29 is 22.6 Å². The molecule has 1 atom stereocenters. The molecule has 0 radical (unpaired) electrons. The lowest BCUT2D eigenvalue weighted by Crippen LogP contribution is -2.39. The van der Waals surface area contributed by atoms with Crippen molar-refractivity contribution in [1.29, 1.82) is 0 Å². The van der Waals surface area contributed by atoms with E-state index in [1.165, 1.54) is 0 Å². The summed E-state index contributed by atoms with van der Waals surface area (Å²) in [6, 6.07) is 7.23. The summed E-state index contributed by atoms with van der Waals surface area (Å²) in [4.78, 5) is 19.3. The highest BCUT2D eigenvalue weighted by atomic mass is 19.4. The number of hydrogen-bond acceptors (Lipinski definition) is 9. The van der Waals surface area contributed by atoms with Crippen LogP contribution in [0.3, 0.4) is 0 Å². The van der Waals surface area contributed by atoms with Gasteiger partial charge >= 0.3 is 6.18 Å². The van der Waals surface area contributed by atoms with E-state index >= 15 is 0 Å². The van der Waals surface area contributed by atoms with E-state index in [1.807, 2.05) is 23.3 Å². The van der Waals surface area contributed by atoms with Crippen LogP contribution >= 0.6 is 0 Å². The molecule has 0 saturated carbocycles. The highest BCUT2D eigenvalue weighted by molar-refractivity contribution is 5.79. The van der Waals surface area contributed by atoms with Crippen LogP contribution in [-0.2, 0) is 17.5 Å². The molecule has 2 aliphatic rings. The third-order valence-corrected chi connectivity index (χ3v) is 6.47. The fraction of sp³-hybridized carbons (Fsp3) is 0.435. The fourth-order valence-corrected chi connectivity index (χ4v) is 4.65. The Bertz CT molecular complexity index is 1360. The van der Waals surface area contributed by atoms with Crippen LogP contribution in [0.25, 0.3) is 22.6 Å². The van der Waals surface area contributed by atoms with Crippen LogP contribution in [-0.4, -0.2) is 72.1 Å². The van der Waals surface area contributed by atoms with Gasteiger partial charge in [-0.3, -0.25) is 20.3 Å². The first kappa shape index (κ1) is 23.8. The first-order chi connectivity index (χ1) is 17.9. The first-order valence-electron chi connectivity index (χ1n) is 11.9. The Morgan fingerprint density at radius 1 is 1.14 bits per heavy atom. The van der Waals surface area contributed by atoms with Crippen LogP contribution in [0.4, 0.5) is 13.2 Å². The van der Waals surface area contributed by atoms with Gasteiger partial charge in [-0.2, -0.15) is 18.3 Å². The third kappa shape index (κ3) is 4.99. The molecule has 0 spiro atoms. The SMILES string of the molecule is FC(F)(F)c1nc(-c2cc3nc(CN4CCC(Oc5ccccn5)CC4)n(C4COCN4)c3cn2)n[nH]1. The molecular weight excluding hydrogens is 491 g/mol. The van der Waals surface area contributed by atoms with Gasteiger partial charge in [-0.1, -0.05) is 6.07 Å². The number of imidazole rings is 1.